The molecule has 1 aromatic carbocycles. The number of hydrogen-bond acceptors (Lipinski definition) is 5. The molecule has 0 spiro atoms. The number of carbonyl (C=O) groups is 1. The molecule has 1 atom stereocenters. The zero-order valence-corrected chi connectivity index (χ0v) is 16.9. The number of aromatic nitrogens is 2. The Balaban J connectivity index is 1.46. The van der Waals surface area contributed by atoms with E-state index in [9.17, 15) is 4.79 Å². The van der Waals surface area contributed by atoms with Gasteiger partial charge in [0.1, 0.15) is 17.3 Å². The first kappa shape index (κ1) is 18.6. The molecule has 0 aliphatic carbocycles. The van der Waals surface area contributed by atoms with Gasteiger partial charge in [0.15, 0.2) is 0 Å². The third-order valence-electron chi connectivity index (χ3n) is 6.49. The summed E-state index contributed by atoms with van der Waals surface area (Å²) in [5.74, 6) is 1.75. The minimum Gasteiger partial charge on any atom is -0.355 e. The van der Waals surface area contributed by atoms with Crippen molar-refractivity contribution in [1.29, 1.82) is 0 Å². The first-order valence-electron chi connectivity index (χ1n) is 11.0. The standard InChI is InChI=1S/C23H29N5O/c29-23-21-19(11-12-24-23)22(28-15-5-14-27-13-4-8-18(27)16-28)26-20(25-21)10-9-17-6-2-1-3-7-17/h1-3,6-7,18H,4-5,8-16H2,(H,24,29)/t18-/m0/s1. The van der Waals surface area contributed by atoms with Crippen LogP contribution in [-0.4, -0.2) is 59.5 Å². The lowest BCUT2D eigenvalue weighted by Gasteiger charge is -2.30. The minimum atomic E-state index is -0.0480. The van der Waals surface area contributed by atoms with Crippen LogP contribution < -0.4 is 10.2 Å². The van der Waals surface area contributed by atoms with Crippen molar-refractivity contribution in [2.24, 2.45) is 0 Å². The number of amides is 1. The van der Waals surface area contributed by atoms with Crippen LogP contribution in [0.5, 0.6) is 0 Å². The summed E-state index contributed by atoms with van der Waals surface area (Å²) in [6, 6.07) is 11.0. The van der Waals surface area contributed by atoms with E-state index in [1.165, 1.54) is 31.5 Å². The number of hydrogen-bond donors (Lipinski definition) is 1. The Morgan fingerprint density at radius 2 is 1.90 bits per heavy atom. The normalized spacial score (nSPS) is 22.0. The minimum absolute atomic E-state index is 0.0480. The average Bonchev–Trinajstić information content (AvgIpc) is 3.10. The topological polar surface area (TPSA) is 61.4 Å². The smallest absolute Gasteiger partial charge is 0.270 e. The molecule has 2 aromatic rings. The Labute approximate surface area is 172 Å². The molecule has 1 amide bonds. The van der Waals surface area contributed by atoms with Crippen LogP contribution in [0.2, 0.25) is 0 Å². The lowest BCUT2D eigenvalue weighted by atomic mass is 10.0. The van der Waals surface area contributed by atoms with E-state index in [0.29, 0.717) is 18.3 Å². The number of aryl methyl sites for hydroxylation is 2. The van der Waals surface area contributed by atoms with Gasteiger partial charge in [-0.2, -0.15) is 0 Å². The van der Waals surface area contributed by atoms with Gasteiger partial charge in [0.2, 0.25) is 0 Å². The van der Waals surface area contributed by atoms with E-state index in [0.717, 1.165) is 56.0 Å². The Morgan fingerprint density at radius 1 is 1.03 bits per heavy atom. The number of nitrogens with zero attached hydrogens (tertiary/aromatic N) is 4. The SMILES string of the molecule is O=C1NCCc2c1nc(CCc1ccccc1)nc2N1CCCN2CCC[C@H]2C1. The highest BCUT2D eigenvalue weighted by Crippen LogP contribution is 2.29. The first-order chi connectivity index (χ1) is 14.3. The molecule has 29 heavy (non-hydrogen) atoms. The van der Waals surface area contributed by atoms with Crippen molar-refractivity contribution >= 4 is 11.7 Å². The molecule has 0 bridgehead atoms. The first-order valence-corrected chi connectivity index (χ1v) is 11.0. The summed E-state index contributed by atoms with van der Waals surface area (Å²) in [7, 11) is 0. The van der Waals surface area contributed by atoms with E-state index in [2.05, 4.69) is 39.4 Å². The van der Waals surface area contributed by atoms with Crippen molar-refractivity contribution in [3.05, 3.63) is 53.0 Å². The third-order valence-corrected chi connectivity index (χ3v) is 6.49. The van der Waals surface area contributed by atoms with Gasteiger partial charge in [0.25, 0.3) is 5.91 Å². The number of fused-ring (bicyclic) bond motifs is 2. The van der Waals surface area contributed by atoms with Crippen molar-refractivity contribution in [2.45, 2.75) is 44.6 Å². The molecule has 1 N–H and O–H groups in total. The number of nitrogens with one attached hydrogen (secondary N) is 1. The van der Waals surface area contributed by atoms with Gasteiger partial charge in [-0.1, -0.05) is 30.3 Å². The van der Waals surface area contributed by atoms with Crippen LogP contribution in [0.1, 0.15) is 46.7 Å². The maximum atomic E-state index is 12.6. The average molecular weight is 392 g/mol. The predicted molar refractivity (Wildman–Crippen MR) is 113 cm³/mol. The molecule has 152 valence electrons. The Morgan fingerprint density at radius 3 is 2.79 bits per heavy atom. The zero-order chi connectivity index (χ0) is 19.6. The molecule has 3 aliphatic rings. The molecule has 6 heteroatoms. The number of carbonyl (C=O) groups excluding carboxylic acids is 1. The summed E-state index contributed by atoms with van der Waals surface area (Å²) < 4.78 is 0. The van der Waals surface area contributed by atoms with Gasteiger partial charge in [0.05, 0.1) is 0 Å². The molecule has 2 fully saturated rings. The van der Waals surface area contributed by atoms with Crippen LogP contribution in [0, 0.1) is 0 Å². The van der Waals surface area contributed by atoms with Gasteiger partial charge in [-0.15, -0.1) is 0 Å². The van der Waals surface area contributed by atoms with Gasteiger partial charge >= 0.3 is 0 Å². The molecular formula is C23H29N5O. The molecule has 5 rings (SSSR count). The number of benzene rings is 1. The molecule has 3 aliphatic heterocycles. The summed E-state index contributed by atoms with van der Waals surface area (Å²) in [6.07, 6.45) is 6.18. The van der Waals surface area contributed by atoms with Gasteiger partial charge < -0.3 is 10.2 Å². The van der Waals surface area contributed by atoms with E-state index in [-0.39, 0.29) is 5.91 Å². The summed E-state index contributed by atoms with van der Waals surface area (Å²) in [6.45, 7) is 5.11. The van der Waals surface area contributed by atoms with Crippen LogP contribution in [0.15, 0.2) is 30.3 Å². The van der Waals surface area contributed by atoms with Crippen molar-refractivity contribution < 1.29 is 4.79 Å². The van der Waals surface area contributed by atoms with E-state index in [4.69, 9.17) is 9.97 Å². The molecule has 0 saturated carbocycles. The maximum Gasteiger partial charge on any atom is 0.270 e. The number of anilines is 1. The van der Waals surface area contributed by atoms with E-state index < -0.39 is 0 Å². The van der Waals surface area contributed by atoms with Crippen LogP contribution in [0.4, 0.5) is 5.82 Å². The fourth-order valence-corrected chi connectivity index (χ4v) is 4.99. The molecular weight excluding hydrogens is 362 g/mol. The molecule has 0 unspecified atom stereocenters. The Kier molecular flexibility index (Phi) is 5.19. The summed E-state index contributed by atoms with van der Waals surface area (Å²) in [5.41, 5.74) is 2.91. The van der Waals surface area contributed by atoms with Crippen molar-refractivity contribution in [2.75, 3.05) is 37.6 Å². The lowest BCUT2D eigenvalue weighted by molar-refractivity contribution is 0.0940. The second-order valence-electron chi connectivity index (χ2n) is 8.41. The highest BCUT2D eigenvalue weighted by Gasteiger charge is 2.32. The second kappa shape index (κ2) is 8.11. The second-order valence-corrected chi connectivity index (χ2v) is 8.41. The predicted octanol–water partition coefficient (Wildman–Crippen LogP) is 2.22. The molecule has 4 heterocycles. The van der Waals surface area contributed by atoms with E-state index >= 15 is 0 Å². The Bertz CT molecular complexity index is 884. The monoisotopic (exact) mass is 391 g/mol. The molecule has 6 nitrogen and oxygen atoms in total. The molecule has 0 radical (unpaired) electrons. The fourth-order valence-electron chi connectivity index (χ4n) is 4.99. The summed E-state index contributed by atoms with van der Waals surface area (Å²) >= 11 is 0. The summed E-state index contributed by atoms with van der Waals surface area (Å²) in [4.78, 5) is 27.4. The Hall–Kier alpha value is -2.47. The summed E-state index contributed by atoms with van der Waals surface area (Å²) in [5, 5.41) is 2.96. The van der Waals surface area contributed by atoms with Gasteiger partial charge in [0, 0.05) is 44.2 Å². The van der Waals surface area contributed by atoms with Crippen LogP contribution >= 0.6 is 0 Å². The molecule has 2 saturated heterocycles. The highest BCUT2D eigenvalue weighted by molar-refractivity contribution is 5.96. The van der Waals surface area contributed by atoms with Gasteiger partial charge in [-0.05, 0) is 44.2 Å². The fraction of sp³-hybridized carbons (Fsp3) is 0.522. The largest absolute Gasteiger partial charge is 0.355 e. The maximum absolute atomic E-state index is 12.6. The van der Waals surface area contributed by atoms with E-state index in [1.54, 1.807) is 0 Å². The van der Waals surface area contributed by atoms with Crippen molar-refractivity contribution in [3.63, 3.8) is 0 Å². The quantitative estimate of drug-likeness (QED) is 0.866. The lowest BCUT2D eigenvalue weighted by Crippen LogP contribution is -2.39. The van der Waals surface area contributed by atoms with Crippen LogP contribution in [-0.2, 0) is 19.3 Å². The van der Waals surface area contributed by atoms with Gasteiger partial charge in [-0.3, -0.25) is 9.69 Å². The zero-order valence-electron chi connectivity index (χ0n) is 16.9. The number of rotatable bonds is 4. The molecule has 1 aromatic heterocycles. The van der Waals surface area contributed by atoms with Crippen LogP contribution in [0.25, 0.3) is 0 Å². The van der Waals surface area contributed by atoms with Crippen molar-refractivity contribution in [1.82, 2.24) is 20.2 Å². The van der Waals surface area contributed by atoms with E-state index in [1.807, 2.05) is 6.07 Å². The van der Waals surface area contributed by atoms with Gasteiger partial charge in [-0.25, -0.2) is 9.97 Å². The highest BCUT2D eigenvalue weighted by atomic mass is 16.1. The third kappa shape index (κ3) is 3.86. The van der Waals surface area contributed by atoms with Crippen LogP contribution in [0.3, 0.4) is 0 Å². The van der Waals surface area contributed by atoms with Crippen molar-refractivity contribution in [3.8, 4) is 0 Å².